The average Bonchev–Trinajstić information content (AvgIpc) is 2.98. The predicted molar refractivity (Wildman–Crippen MR) is 61.2 cm³/mol. The van der Waals surface area contributed by atoms with Crippen molar-refractivity contribution in [1.29, 1.82) is 0 Å². The van der Waals surface area contributed by atoms with E-state index in [1.54, 1.807) is 7.11 Å². The second-order valence-electron chi connectivity index (χ2n) is 5.02. The maximum absolute atomic E-state index is 5.42. The largest absolute Gasteiger partial charge is 0.448 e. The lowest BCUT2D eigenvalue weighted by Gasteiger charge is -2.21. The smallest absolute Gasteiger partial charge is 0.181 e. The Morgan fingerprint density at radius 1 is 1.56 bits per heavy atom. The summed E-state index contributed by atoms with van der Waals surface area (Å²) in [5, 5.41) is 3.44. The molecule has 0 atom stereocenters. The maximum atomic E-state index is 5.42. The summed E-state index contributed by atoms with van der Waals surface area (Å²) in [6, 6.07) is 0.694. The van der Waals surface area contributed by atoms with E-state index in [2.05, 4.69) is 10.3 Å². The minimum absolute atomic E-state index is 0.201. The molecule has 0 aromatic carbocycles. The third kappa shape index (κ3) is 3.06. The van der Waals surface area contributed by atoms with Crippen LogP contribution >= 0.6 is 0 Å². The third-order valence-electron chi connectivity index (χ3n) is 3.00. The highest BCUT2D eigenvalue weighted by molar-refractivity contribution is 5.10. The van der Waals surface area contributed by atoms with Gasteiger partial charge in [-0.25, -0.2) is 4.98 Å². The quantitative estimate of drug-likeness (QED) is 0.801. The van der Waals surface area contributed by atoms with Crippen molar-refractivity contribution in [3.63, 3.8) is 0 Å². The van der Waals surface area contributed by atoms with Crippen LogP contribution in [0.5, 0.6) is 0 Å². The van der Waals surface area contributed by atoms with Gasteiger partial charge in [-0.3, -0.25) is 0 Å². The molecule has 1 aromatic heterocycles. The van der Waals surface area contributed by atoms with Gasteiger partial charge in [0.05, 0.1) is 11.3 Å². The molecule has 4 heteroatoms. The Balaban J connectivity index is 1.94. The summed E-state index contributed by atoms with van der Waals surface area (Å²) in [5.41, 5.74) is 0.811. The number of hydrogen-bond donors (Lipinski definition) is 1. The number of methoxy groups -OCH3 is 1. The van der Waals surface area contributed by atoms with Crippen molar-refractivity contribution in [1.82, 2.24) is 10.3 Å². The Morgan fingerprint density at radius 3 is 2.94 bits per heavy atom. The Bertz CT molecular complexity index is 343. The highest BCUT2D eigenvalue weighted by Gasteiger charge is 2.24. The van der Waals surface area contributed by atoms with Crippen molar-refractivity contribution in [3.8, 4) is 0 Å². The molecule has 0 spiro atoms. The van der Waals surface area contributed by atoms with Crippen LogP contribution in [0.4, 0.5) is 0 Å². The molecule has 1 N–H and O–H groups in total. The lowest BCUT2D eigenvalue weighted by atomic mass is 10.0. The van der Waals surface area contributed by atoms with E-state index in [4.69, 9.17) is 9.15 Å². The maximum Gasteiger partial charge on any atom is 0.181 e. The fourth-order valence-electron chi connectivity index (χ4n) is 1.57. The van der Waals surface area contributed by atoms with Gasteiger partial charge >= 0.3 is 0 Å². The topological polar surface area (TPSA) is 47.3 Å². The third-order valence-corrected chi connectivity index (χ3v) is 3.00. The van der Waals surface area contributed by atoms with E-state index in [0.717, 1.165) is 24.4 Å². The molecule has 4 nitrogen and oxygen atoms in total. The number of rotatable bonds is 6. The molecule has 2 rings (SSSR count). The first-order valence-electron chi connectivity index (χ1n) is 5.80. The second-order valence-corrected chi connectivity index (χ2v) is 5.02. The van der Waals surface area contributed by atoms with Crippen molar-refractivity contribution in [3.05, 3.63) is 17.8 Å². The molecule has 0 aliphatic heterocycles. The first kappa shape index (κ1) is 11.6. The summed E-state index contributed by atoms with van der Waals surface area (Å²) in [5.74, 6) is 0.931. The van der Waals surface area contributed by atoms with Crippen molar-refractivity contribution >= 4 is 0 Å². The first-order valence-corrected chi connectivity index (χ1v) is 5.80. The Hall–Kier alpha value is -0.870. The fourth-order valence-corrected chi connectivity index (χ4v) is 1.57. The molecular weight excluding hydrogens is 204 g/mol. The van der Waals surface area contributed by atoms with Gasteiger partial charge in [0.15, 0.2) is 6.39 Å². The summed E-state index contributed by atoms with van der Waals surface area (Å²) >= 11 is 0. The molecule has 1 aromatic rings. The fraction of sp³-hybridized carbons (Fsp3) is 0.750. The lowest BCUT2D eigenvalue weighted by Crippen LogP contribution is -2.26. The van der Waals surface area contributed by atoms with Gasteiger partial charge in [0.25, 0.3) is 0 Å². The van der Waals surface area contributed by atoms with Crippen LogP contribution in [-0.4, -0.2) is 23.7 Å². The molecule has 0 saturated heterocycles. The first-order chi connectivity index (χ1) is 7.61. The van der Waals surface area contributed by atoms with E-state index >= 15 is 0 Å². The number of oxazole rings is 1. The lowest BCUT2D eigenvalue weighted by molar-refractivity contribution is 0.0189. The van der Waals surface area contributed by atoms with E-state index in [-0.39, 0.29) is 5.60 Å². The number of aromatic nitrogens is 1. The van der Waals surface area contributed by atoms with Gasteiger partial charge in [-0.05, 0) is 26.7 Å². The monoisotopic (exact) mass is 224 g/mol. The molecule has 0 radical (unpaired) electrons. The molecule has 1 aliphatic rings. The SMILES string of the molecule is COC(C)(C)Cc1ocnc1CNC1CC1. The molecule has 90 valence electrons. The van der Waals surface area contributed by atoms with Crippen LogP contribution in [0.3, 0.4) is 0 Å². The average molecular weight is 224 g/mol. The summed E-state index contributed by atoms with van der Waals surface area (Å²) < 4.78 is 10.8. The molecule has 1 aliphatic carbocycles. The molecule has 16 heavy (non-hydrogen) atoms. The van der Waals surface area contributed by atoms with Crippen LogP contribution in [0, 0.1) is 0 Å². The van der Waals surface area contributed by atoms with Crippen LogP contribution in [0.25, 0.3) is 0 Å². The van der Waals surface area contributed by atoms with Gasteiger partial charge in [-0.2, -0.15) is 0 Å². The van der Waals surface area contributed by atoms with Crippen molar-refractivity contribution < 1.29 is 9.15 Å². The highest BCUT2D eigenvalue weighted by Crippen LogP contribution is 2.21. The summed E-state index contributed by atoms with van der Waals surface area (Å²) in [6.45, 7) is 4.90. The molecule has 1 heterocycles. The predicted octanol–water partition coefficient (Wildman–Crippen LogP) is 1.89. The van der Waals surface area contributed by atoms with Crippen molar-refractivity contribution in [2.75, 3.05) is 7.11 Å². The molecule has 0 amide bonds. The van der Waals surface area contributed by atoms with E-state index in [1.807, 2.05) is 13.8 Å². The number of nitrogens with zero attached hydrogens (tertiary/aromatic N) is 1. The number of ether oxygens (including phenoxy) is 1. The number of nitrogens with one attached hydrogen (secondary N) is 1. The van der Waals surface area contributed by atoms with Gasteiger partial charge in [0.1, 0.15) is 5.76 Å². The van der Waals surface area contributed by atoms with Crippen molar-refractivity contribution in [2.45, 2.75) is 51.3 Å². The molecule has 1 saturated carbocycles. The summed E-state index contributed by atoms with van der Waals surface area (Å²) in [4.78, 5) is 4.25. The minimum Gasteiger partial charge on any atom is -0.448 e. The van der Waals surface area contributed by atoms with E-state index in [0.29, 0.717) is 6.04 Å². The zero-order valence-electron chi connectivity index (χ0n) is 10.2. The van der Waals surface area contributed by atoms with Crippen LogP contribution in [0.2, 0.25) is 0 Å². The highest BCUT2D eigenvalue weighted by atomic mass is 16.5. The summed E-state index contributed by atoms with van der Waals surface area (Å²) in [6.07, 6.45) is 4.85. The van der Waals surface area contributed by atoms with Crippen LogP contribution < -0.4 is 5.32 Å². The van der Waals surface area contributed by atoms with Crippen molar-refractivity contribution in [2.24, 2.45) is 0 Å². The molecule has 0 unspecified atom stereocenters. The zero-order valence-corrected chi connectivity index (χ0v) is 10.2. The van der Waals surface area contributed by atoms with Crippen LogP contribution in [0.15, 0.2) is 10.8 Å². The van der Waals surface area contributed by atoms with Crippen LogP contribution in [0.1, 0.15) is 38.1 Å². The minimum atomic E-state index is -0.201. The molecular formula is C12H20N2O2. The Kier molecular flexibility index (Phi) is 3.30. The molecule has 1 fully saturated rings. The van der Waals surface area contributed by atoms with Gasteiger partial charge in [-0.1, -0.05) is 0 Å². The van der Waals surface area contributed by atoms with Crippen LogP contribution in [-0.2, 0) is 17.7 Å². The zero-order chi connectivity index (χ0) is 11.6. The Labute approximate surface area is 96.4 Å². The van der Waals surface area contributed by atoms with E-state index in [1.165, 1.54) is 19.2 Å². The van der Waals surface area contributed by atoms with Gasteiger partial charge < -0.3 is 14.5 Å². The number of hydrogen-bond acceptors (Lipinski definition) is 4. The van der Waals surface area contributed by atoms with Gasteiger partial charge in [0.2, 0.25) is 0 Å². The second kappa shape index (κ2) is 4.55. The van der Waals surface area contributed by atoms with E-state index in [9.17, 15) is 0 Å². The molecule has 0 bridgehead atoms. The Morgan fingerprint density at radius 2 is 2.31 bits per heavy atom. The van der Waals surface area contributed by atoms with Gasteiger partial charge in [0, 0.05) is 26.1 Å². The standard InChI is InChI=1S/C12H20N2O2/c1-12(2,15-3)6-11-10(14-8-16-11)7-13-9-4-5-9/h8-9,13H,4-7H2,1-3H3. The van der Waals surface area contributed by atoms with E-state index < -0.39 is 0 Å². The van der Waals surface area contributed by atoms with Gasteiger partial charge in [-0.15, -0.1) is 0 Å². The summed E-state index contributed by atoms with van der Waals surface area (Å²) in [7, 11) is 1.72. The normalized spacial score (nSPS) is 16.7.